The predicted molar refractivity (Wildman–Crippen MR) is 133 cm³/mol. The van der Waals surface area contributed by atoms with E-state index >= 15 is 0 Å². The Hall–Kier alpha value is -3.00. The van der Waals surface area contributed by atoms with E-state index in [9.17, 15) is 39.9 Å². The summed E-state index contributed by atoms with van der Waals surface area (Å²) in [6.07, 6.45) is -1.59. The molecule has 0 bridgehead atoms. The monoisotopic (exact) mass is 544 g/mol. The summed E-state index contributed by atoms with van der Waals surface area (Å²) in [5.74, 6) is -8.86. The molecule has 6 atom stereocenters. The predicted octanol–water partition coefficient (Wildman–Crippen LogP) is -0.752. The second-order valence-electron chi connectivity index (χ2n) is 9.11. The maximum atomic E-state index is 13.3. The fraction of sp³-hybridized carbons (Fsp3) is 0.458. The SMILES string of the molecule is CCO.C[C@H]1c2cccc(O)c2C(=O)C2=C(O)[C@]3(O)C(=O)C(C(N)=O)=C(O)[C@@H](N(C)C)[C@H]3[C@@H](O)[C@@H]21.Cl.O. The third kappa shape index (κ3) is 4.39. The van der Waals surface area contributed by atoms with Crippen molar-refractivity contribution < 1.29 is 50.5 Å². The highest BCUT2D eigenvalue weighted by Gasteiger charge is 2.67. The highest BCUT2D eigenvalue weighted by molar-refractivity contribution is 6.25. The largest absolute Gasteiger partial charge is 0.510 e. The van der Waals surface area contributed by atoms with Gasteiger partial charge in [-0.3, -0.25) is 19.3 Å². The average Bonchev–Trinajstić information content (AvgIpc) is 2.76. The van der Waals surface area contributed by atoms with Crippen LogP contribution < -0.4 is 5.73 Å². The van der Waals surface area contributed by atoms with E-state index in [-0.39, 0.29) is 35.8 Å². The molecule has 0 unspecified atom stereocenters. The molecule has 12 nitrogen and oxygen atoms in total. The first-order valence-electron chi connectivity index (χ1n) is 11.0. The van der Waals surface area contributed by atoms with Crippen molar-refractivity contribution in [1.29, 1.82) is 0 Å². The number of phenols is 1. The lowest BCUT2D eigenvalue weighted by atomic mass is 9.55. The number of amides is 1. The van der Waals surface area contributed by atoms with Gasteiger partial charge in [0.15, 0.2) is 11.4 Å². The van der Waals surface area contributed by atoms with Crippen LogP contribution in [0.2, 0.25) is 0 Å². The molecule has 13 heteroatoms. The fourth-order valence-corrected chi connectivity index (χ4v) is 5.58. The topological polar surface area (TPSA) is 233 Å². The number of benzene rings is 1. The first-order chi connectivity index (χ1) is 16.3. The van der Waals surface area contributed by atoms with E-state index in [4.69, 9.17) is 10.8 Å². The van der Waals surface area contributed by atoms with Gasteiger partial charge in [-0.25, -0.2) is 0 Å². The lowest BCUT2D eigenvalue weighted by molar-refractivity contribution is -0.162. The third-order valence-electron chi connectivity index (χ3n) is 7.00. The summed E-state index contributed by atoms with van der Waals surface area (Å²) in [6.45, 7) is 3.61. The van der Waals surface area contributed by atoms with Crippen LogP contribution in [0.25, 0.3) is 0 Å². The standard InChI is InChI=1S/C22H24N2O8.C2H6O.ClH.H2O/c1-7-8-5-4-6-9(25)11(8)16(26)12-10(7)17(27)14-15(24(2)3)18(28)13(21(23)31)20(30)22(14,32)19(12)29;1-2-3;;/h4-7,10,14-15,17,25,27-29,32H,1-3H3,(H2,23,31);3H,2H2,1H3;1H;1H2/t7-,10+,14-,15-,17-,22-;;;/m0.../s1. The minimum absolute atomic E-state index is 0. The van der Waals surface area contributed by atoms with Crippen molar-refractivity contribution in [1.82, 2.24) is 4.90 Å². The Balaban J connectivity index is 0.00000131. The van der Waals surface area contributed by atoms with E-state index in [0.717, 1.165) is 0 Å². The van der Waals surface area contributed by atoms with Gasteiger partial charge in [0, 0.05) is 18.1 Å². The van der Waals surface area contributed by atoms with Crippen molar-refractivity contribution in [3.8, 4) is 5.75 Å². The number of phenolic OH excluding ortho intramolecular Hbond substituents is 1. The number of carbonyl (C=O) groups is 3. The van der Waals surface area contributed by atoms with Crippen LogP contribution in [0.1, 0.15) is 35.7 Å². The number of ketones is 2. The van der Waals surface area contributed by atoms with Gasteiger partial charge in [0.2, 0.25) is 5.78 Å². The number of nitrogens with zero attached hydrogens (tertiary/aromatic N) is 1. The van der Waals surface area contributed by atoms with E-state index in [2.05, 4.69) is 0 Å². The number of hydrogen-bond donors (Lipinski definition) is 7. The number of aliphatic hydroxyl groups is 5. The average molecular weight is 545 g/mol. The summed E-state index contributed by atoms with van der Waals surface area (Å²) in [4.78, 5) is 39.8. The molecule has 0 radical (unpaired) electrons. The number of rotatable bonds is 2. The molecule has 10 N–H and O–H groups in total. The number of fused-ring (bicyclic) bond motifs is 3. The number of Topliss-reactive ketones (excluding diaryl/α,β-unsaturated/α-hetero) is 2. The van der Waals surface area contributed by atoms with E-state index in [1.54, 1.807) is 26.0 Å². The molecule has 0 saturated carbocycles. The third-order valence-corrected chi connectivity index (χ3v) is 7.00. The van der Waals surface area contributed by atoms with Gasteiger partial charge in [0.1, 0.15) is 22.8 Å². The Morgan fingerprint density at radius 3 is 2.19 bits per heavy atom. The molecule has 0 spiro atoms. The molecule has 37 heavy (non-hydrogen) atoms. The highest BCUT2D eigenvalue weighted by Crippen LogP contribution is 2.55. The van der Waals surface area contributed by atoms with Crippen molar-refractivity contribution in [3.05, 3.63) is 52.0 Å². The summed E-state index contributed by atoms with van der Waals surface area (Å²) >= 11 is 0. The lowest BCUT2D eigenvalue weighted by Crippen LogP contribution is -2.68. The van der Waals surface area contributed by atoms with Gasteiger partial charge in [-0.05, 0) is 38.6 Å². The van der Waals surface area contributed by atoms with Crippen molar-refractivity contribution in [2.24, 2.45) is 17.6 Å². The molecule has 1 aromatic carbocycles. The van der Waals surface area contributed by atoms with Crippen LogP contribution in [0.3, 0.4) is 0 Å². The number of primary amides is 1. The van der Waals surface area contributed by atoms with Gasteiger partial charge in [0.05, 0.1) is 23.6 Å². The molecule has 1 amide bonds. The summed E-state index contributed by atoms with van der Waals surface area (Å²) < 4.78 is 0. The van der Waals surface area contributed by atoms with E-state index in [0.29, 0.717) is 5.56 Å². The second kappa shape index (κ2) is 11.2. The number of hydrogen-bond acceptors (Lipinski definition) is 10. The first-order valence-corrected chi connectivity index (χ1v) is 11.0. The molecular formula is C24H33ClN2O10. The molecule has 1 aromatic rings. The Labute approximate surface area is 219 Å². The van der Waals surface area contributed by atoms with E-state index in [1.807, 2.05) is 0 Å². The summed E-state index contributed by atoms with van der Waals surface area (Å²) in [6, 6.07) is 3.17. The van der Waals surface area contributed by atoms with Gasteiger partial charge in [-0.15, -0.1) is 12.4 Å². The van der Waals surface area contributed by atoms with Gasteiger partial charge in [0.25, 0.3) is 5.91 Å². The number of halogens is 1. The molecule has 4 rings (SSSR count). The number of aromatic hydroxyl groups is 1. The van der Waals surface area contributed by atoms with Crippen LogP contribution in [0.15, 0.2) is 40.9 Å². The molecule has 3 aliphatic carbocycles. The maximum Gasteiger partial charge on any atom is 0.255 e. The number of aliphatic hydroxyl groups excluding tert-OH is 4. The zero-order valence-corrected chi connectivity index (χ0v) is 21.5. The van der Waals surface area contributed by atoms with Crippen LogP contribution in [-0.2, 0) is 9.59 Å². The smallest absolute Gasteiger partial charge is 0.255 e. The maximum absolute atomic E-state index is 13.3. The molecule has 3 aliphatic rings. The molecular weight excluding hydrogens is 512 g/mol. The number of nitrogens with two attached hydrogens (primary N) is 1. The summed E-state index contributed by atoms with van der Waals surface area (Å²) in [5.41, 5.74) is 1.36. The van der Waals surface area contributed by atoms with E-state index < -0.39 is 75.6 Å². The van der Waals surface area contributed by atoms with Crippen LogP contribution in [-0.4, -0.2) is 96.9 Å². The zero-order chi connectivity index (χ0) is 26.6. The van der Waals surface area contributed by atoms with Crippen molar-refractivity contribution >= 4 is 29.9 Å². The number of carbonyl (C=O) groups excluding carboxylic acids is 3. The molecule has 206 valence electrons. The zero-order valence-electron chi connectivity index (χ0n) is 20.7. The Morgan fingerprint density at radius 1 is 1.16 bits per heavy atom. The Kier molecular flexibility index (Phi) is 9.67. The van der Waals surface area contributed by atoms with Crippen LogP contribution in [0, 0.1) is 11.8 Å². The molecule has 0 fully saturated rings. The number of likely N-dealkylation sites (N-methyl/N-ethyl adjacent to an activating group) is 1. The molecule has 0 saturated heterocycles. The summed E-state index contributed by atoms with van der Waals surface area (Å²) in [5, 5.41) is 62.6. The Morgan fingerprint density at radius 2 is 1.70 bits per heavy atom. The van der Waals surface area contributed by atoms with Crippen LogP contribution in [0.5, 0.6) is 5.75 Å². The minimum atomic E-state index is -2.89. The fourth-order valence-electron chi connectivity index (χ4n) is 5.58. The molecule has 0 aliphatic heterocycles. The van der Waals surface area contributed by atoms with Crippen molar-refractivity contribution in [2.45, 2.75) is 37.5 Å². The lowest BCUT2D eigenvalue weighted by Gasteiger charge is -2.53. The van der Waals surface area contributed by atoms with E-state index in [1.165, 1.54) is 25.1 Å². The van der Waals surface area contributed by atoms with Gasteiger partial charge >= 0.3 is 0 Å². The van der Waals surface area contributed by atoms with Crippen molar-refractivity contribution in [3.63, 3.8) is 0 Å². The normalized spacial score (nSPS) is 30.2. The van der Waals surface area contributed by atoms with Gasteiger partial charge in [-0.1, -0.05) is 19.1 Å². The first kappa shape index (κ1) is 32.0. The highest BCUT2D eigenvalue weighted by atomic mass is 35.5. The second-order valence-corrected chi connectivity index (χ2v) is 9.11. The van der Waals surface area contributed by atoms with Gasteiger partial charge in [-0.2, -0.15) is 0 Å². The van der Waals surface area contributed by atoms with Crippen molar-refractivity contribution in [2.75, 3.05) is 20.7 Å². The summed E-state index contributed by atoms with van der Waals surface area (Å²) in [7, 11) is 2.98. The van der Waals surface area contributed by atoms with Crippen LogP contribution in [0.4, 0.5) is 0 Å². The van der Waals surface area contributed by atoms with Gasteiger partial charge < -0.3 is 41.8 Å². The quantitative estimate of drug-likeness (QED) is 0.230. The van der Waals surface area contributed by atoms with Crippen LogP contribution >= 0.6 is 12.4 Å². The molecule has 0 heterocycles. The minimum Gasteiger partial charge on any atom is -0.510 e. The molecule has 0 aromatic heterocycles. The Bertz CT molecular complexity index is 1160.